The minimum atomic E-state index is -3.49. The third-order valence-corrected chi connectivity index (χ3v) is 4.71. The Hall–Kier alpha value is -1.22. The van der Waals surface area contributed by atoms with E-state index in [1.807, 2.05) is 12.3 Å². The van der Waals surface area contributed by atoms with Gasteiger partial charge in [-0.3, -0.25) is 0 Å². The number of hydrogen-bond donors (Lipinski definition) is 3. The van der Waals surface area contributed by atoms with Crippen LogP contribution in [0.4, 0.5) is 0 Å². The van der Waals surface area contributed by atoms with Crippen molar-refractivity contribution in [3.8, 4) is 0 Å². The molecule has 2 aromatic heterocycles. The van der Waals surface area contributed by atoms with Crippen LogP contribution in [0.5, 0.6) is 0 Å². The monoisotopic (exact) mass is 300 g/mol. The Bertz CT molecular complexity index is 645. The van der Waals surface area contributed by atoms with E-state index in [0.29, 0.717) is 6.54 Å². The molecule has 0 bridgehead atoms. The summed E-state index contributed by atoms with van der Waals surface area (Å²) in [6.07, 6.45) is 1.49. The van der Waals surface area contributed by atoms with E-state index in [4.69, 9.17) is 0 Å². The number of sulfonamides is 1. The van der Waals surface area contributed by atoms with Crippen molar-refractivity contribution in [2.75, 3.05) is 7.05 Å². The lowest BCUT2D eigenvalue weighted by molar-refractivity contribution is 0.580. The summed E-state index contributed by atoms with van der Waals surface area (Å²) < 4.78 is 26.6. The van der Waals surface area contributed by atoms with E-state index in [-0.39, 0.29) is 11.4 Å². The number of H-pyrrole nitrogens is 1. The molecule has 0 fully saturated rings. The molecule has 19 heavy (non-hydrogen) atoms. The highest BCUT2D eigenvalue weighted by molar-refractivity contribution is 7.89. The highest BCUT2D eigenvalue weighted by atomic mass is 32.2. The lowest BCUT2D eigenvalue weighted by Crippen LogP contribution is -2.23. The summed E-state index contributed by atoms with van der Waals surface area (Å²) in [6.45, 7) is 2.69. The summed E-state index contributed by atoms with van der Waals surface area (Å²) in [7, 11) is -1.69. The van der Waals surface area contributed by atoms with Crippen LogP contribution < -0.4 is 10.0 Å². The number of nitrogens with one attached hydrogen (secondary N) is 3. The number of aromatic nitrogens is 2. The zero-order chi connectivity index (χ0) is 13.9. The highest BCUT2D eigenvalue weighted by Gasteiger charge is 2.16. The number of rotatable bonds is 6. The summed E-state index contributed by atoms with van der Waals surface area (Å²) in [6, 6.07) is 1.62. The van der Waals surface area contributed by atoms with Gasteiger partial charge < -0.3 is 10.3 Å². The predicted molar refractivity (Wildman–Crippen MR) is 74.4 cm³/mol. The van der Waals surface area contributed by atoms with Gasteiger partial charge in [0.1, 0.15) is 0 Å². The highest BCUT2D eigenvalue weighted by Crippen LogP contribution is 2.12. The quantitative estimate of drug-likeness (QED) is 0.742. The number of hydrogen-bond acceptors (Lipinski definition) is 5. The molecule has 0 saturated carbocycles. The van der Waals surface area contributed by atoms with Gasteiger partial charge in [-0.15, -0.1) is 11.3 Å². The van der Waals surface area contributed by atoms with Crippen LogP contribution in [0.1, 0.15) is 16.4 Å². The van der Waals surface area contributed by atoms with Gasteiger partial charge in [-0.2, -0.15) is 0 Å². The summed E-state index contributed by atoms with van der Waals surface area (Å²) in [5.74, 6) is 0. The Labute approximate surface area is 116 Å². The minimum Gasteiger partial charge on any atom is -0.363 e. The van der Waals surface area contributed by atoms with Crippen LogP contribution in [0.15, 0.2) is 22.5 Å². The standard InChI is InChI=1S/C11H16N4O2S2/c1-8-15-10(7-18-8)5-14-19(16,17)11-3-9(4-12-2)13-6-11/h3,6-7,12-14H,4-5H2,1-2H3. The average molecular weight is 300 g/mol. The van der Waals surface area contributed by atoms with Crippen LogP contribution in [0, 0.1) is 6.92 Å². The summed E-state index contributed by atoms with van der Waals surface area (Å²) in [5.41, 5.74) is 1.56. The van der Waals surface area contributed by atoms with E-state index in [1.165, 1.54) is 17.5 Å². The fourth-order valence-corrected chi connectivity index (χ4v) is 3.24. The molecule has 0 saturated heterocycles. The van der Waals surface area contributed by atoms with Crippen molar-refractivity contribution >= 4 is 21.4 Å². The molecule has 0 aromatic carbocycles. The van der Waals surface area contributed by atoms with Crippen molar-refractivity contribution in [1.82, 2.24) is 20.0 Å². The third-order valence-electron chi connectivity index (χ3n) is 2.50. The summed E-state index contributed by atoms with van der Waals surface area (Å²) >= 11 is 1.50. The van der Waals surface area contributed by atoms with Crippen LogP contribution in [0.2, 0.25) is 0 Å². The largest absolute Gasteiger partial charge is 0.363 e. The lowest BCUT2D eigenvalue weighted by Gasteiger charge is -2.02. The first kappa shape index (κ1) is 14.2. The number of nitrogens with zero attached hydrogens (tertiary/aromatic N) is 1. The van der Waals surface area contributed by atoms with Crippen LogP contribution in [0.25, 0.3) is 0 Å². The summed E-state index contributed by atoms with van der Waals surface area (Å²) in [4.78, 5) is 7.38. The van der Waals surface area contributed by atoms with E-state index in [9.17, 15) is 8.42 Å². The van der Waals surface area contributed by atoms with Crippen LogP contribution in [0.3, 0.4) is 0 Å². The van der Waals surface area contributed by atoms with Crippen LogP contribution >= 0.6 is 11.3 Å². The fraction of sp³-hybridized carbons (Fsp3) is 0.364. The Morgan fingerprint density at radius 2 is 2.21 bits per heavy atom. The topological polar surface area (TPSA) is 86.9 Å². The van der Waals surface area contributed by atoms with E-state index in [0.717, 1.165) is 16.4 Å². The minimum absolute atomic E-state index is 0.208. The Morgan fingerprint density at radius 1 is 1.42 bits per heavy atom. The number of thiazole rings is 1. The molecule has 0 radical (unpaired) electrons. The van der Waals surface area contributed by atoms with Gasteiger partial charge >= 0.3 is 0 Å². The molecule has 3 N–H and O–H groups in total. The van der Waals surface area contributed by atoms with Gasteiger partial charge in [-0.1, -0.05) is 0 Å². The van der Waals surface area contributed by atoms with Crippen molar-refractivity contribution in [2.45, 2.75) is 24.9 Å². The molecule has 0 unspecified atom stereocenters. The molecular weight excluding hydrogens is 284 g/mol. The fourth-order valence-electron chi connectivity index (χ4n) is 1.61. The van der Waals surface area contributed by atoms with Gasteiger partial charge in [0.25, 0.3) is 0 Å². The van der Waals surface area contributed by atoms with Gasteiger partial charge in [-0.25, -0.2) is 18.1 Å². The zero-order valence-electron chi connectivity index (χ0n) is 10.7. The molecule has 0 spiro atoms. The normalized spacial score (nSPS) is 11.9. The SMILES string of the molecule is CNCc1cc(S(=O)(=O)NCc2csc(C)n2)c[nH]1. The molecule has 0 atom stereocenters. The van der Waals surface area contributed by atoms with Crippen LogP contribution in [-0.2, 0) is 23.1 Å². The predicted octanol–water partition coefficient (Wildman–Crippen LogP) is 0.978. The molecule has 6 nitrogen and oxygen atoms in total. The molecule has 2 aromatic rings. The van der Waals surface area contributed by atoms with Crippen molar-refractivity contribution in [3.63, 3.8) is 0 Å². The van der Waals surface area contributed by atoms with Gasteiger partial charge in [0.2, 0.25) is 10.0 Å². The molecular formula is C11H16N4O2S2. The first-order chi connectivity index (χ1) is 9.01. The molecule has 2 heterocycles. The molecule has 0 amide bonds. The second kappa shape index (κ2) is 5.83. The van der Waals surface area contributed by atoms with E-state index in [1.54, 1.807) is 13.1 Å². The van der Waals surface area contributed by atoms with E-state index >= 15 is 0 Å². The first-order valence-corrected chi connectivity index (χ1v) is 8.10. The zero-order valence-corrected chi connectivity index (χ0v) is 12.4. The maximum atomic E-state index is 12.1. The van der Waals surface area contributed by atoms with Crippen LogP contribution in [-0.4, -0.2) is 25.4 Å². The smallest absolute Gasteiger partial charge is 0.242 e. The Balaban J connectivity index is 2.04. The molecule has 104 valence electrons. The van der Waals surface area contributed by atoms with Crippen molar-refractivity contribution in [2.24, 2.45) is 0 Å². The third kappa shape index (κ3) is 3.63. The molecule has 2 rings (SSSR count). The average Bonchev–Trinajstić information content (AvgIpc) is 2.97. The summed E-state index contributed by atoms with van der Waals surface area (Å²) in [5, 5.41) is 5.73. The molecule has 0 aliphatic heterocycles. The molecule has 0 aliphatic rings. The van der Waals surface area contributed by atoms with Crippen molar-refractivity contribution < 1.29 is 8.42 Å². The number of aromatic amines is 1. The van der Waals surface area contributed by atoms with Crippen molar-refractivity contribution in [1.29, 1.82) is 0 Å². The molecule has 0 aliphatic carbocycles. The van der Waals surface area contributed by atoms with E-state index < -0.39 is 10.0 Å². The van der Waals surface area contributed by atoms with Gasteiger partial charge in [0.15, 0.2) is 0 Å². The maximum Gasteiger partial charge on any atom is 0.242 e. The lowest BCUT2D eigenvalue weighted by atomic mass is 10.4. The number of aryl methyl sites for hydroxylation is 1. The second-order valence-corrected chi connectivity index (χ2v) is 6.90. The van der Waals surface area contributed by atoms with Gasteiger partial charge in [0, 0.05) is 23.8 Å². The van der Waals surface area contributed by atoms with Gasteiger partial charge in [-0.05, 0) is 20.0 Å². The molecule has 8 heteroatoms. The Morgan fingerprint density at radius 3 is 2.84 bits per heavy atom. The van der Waals surface area contributed by atoms with Crippen molar-refractivity contribution in [3.05, 3.63) is 34.0 Å². The van der Waals surface area contributed by atoms with E-state index in [2.05, 4.69) is 20.0 Å². The second-order valence-electron chi connectivity index (χ2n) is 4.07. The van der Waals surface area contributed by atoms with Gasteiger partial charge in [0.05, 0.1) is 22.1 Å². The maximum absolute atomic E-state index is 12.1. The first-order valence-electron chi connectivity index (χ1n) is 5.74. The Kier molecular flexibility index (Phi) is 4.35.